The van der Waals surface area contributed by atoms with E-state index in [0.29, 0.717) is 12.5 Å². The second-order valence-electron chi connectivity index (χ2n) is 4.85. The van der Waals surface area contributed by atoms with Gasteiger partial charge in [0, 0.05) is 32.1 Å². The summed E-state index contributed by atoms with van der Waals surface area (Å²) in [4.78, 5) is 16.0. The van der Waals surface area contributed by atoms with Crippen LogP contribution < -0.4 is 5.32 Å². The second-order valence-corrected chi connectivity index (χ2v) is 4.85. The zero-order chi connectivity index (χ0) is 12.7. The maximum atomic E-state index is 11.8. The minimum Gasteiger partial charge on any atom is -0.343 e. The summed E-state index contributed by atoms with van der Waals surface area (Å²) in [7, 11) is 2.17. The van der Waals surface area contributed by atoms with Gasteiger partial charge in [0.15, 0.2) is 0 Å². The van der Waals surface area contributed by atoms with E-state index in [1.54, 1.807) is 0 Å². The number of carbonyl (C=O) groups is 1. The first-order valence-corrected chi connectivity index (χ1v) is 6.87. The number of rotatable bonds is 6. The molecular weight excluding hydrogens is 214 g/mol. The molecule has 1 aliphatic heterocycles. The number of hydrogen-bond acceptors (Lipinski definition) is 3. The number of amides is 1. The summed E-state index contributed by atoms with van der Waals surface area (Å²) >= 11 is 0. The Labute approximate surface area is 105 Å². The zero-order valence-corrected chi connectivity index (χ0v) is 11.5. The lowest BCUT2D eigenvalue weighted by Gasteiger charge is -2.29. The molecule has 0 spiro atoms. The molecular formula is C13H27N3O. The summed E-state index contributed by atoms with van der Waals surface area (Å²) in [6.07, 6.45) is 3.04. The van der Waals surface area contributed by atoms with Crippen molar-refractivity contribution in [2.45, 2.75) is 39.2 Å². The average molecular weight is 241 g/mol. The summed E-state index contributed by atoms with van der Waals surface area (Å²) < 4.78 is 0. The number of hydrogen-bond donors (Lipinski definition) is 1. The van der Waals surface area contributed by atoms with E-state index in [4.69, 9.17) is 0 Å². The van der Waals surface area contributed by atoms with Crippen LogP contribution in [-0.2, 0) is 4.79 Å². The Balaban J connectivity index is 2.13. The quantitative estimate of drug-likeness (QED) is 0.751. The molecule has 1 rings (SSSR count). The van der Waals surface area contributed by atoms with Gasteiger partial charge in [-0.2, -0.15) is 0 Å². The Morgan fingerprint density at radius 3 is 2.41 bits per heavy atom. The van der Waals surface area contributed by atoms with Gasteiger partial charge in [-0.1, -0.05) is 0 Å². The van der Waals surface area contributed by atoms with E-state index in [2.05, 4.69) is 17.3 Å². The average Bonchev–Trinajstić information content (AvgIpc) is 2.33. The van der Waals surface area contributed by atoms with E-state index in [1.807, 2.05) is 18.7 Å². The molecule has 17 heavy (non-hydrogen) atoms. The normalized spacial score (nSPS) is 18.3. The molecule has 0 aromatic carbocycles. The fraction of sp³-hybridized carbons (Fsp3) is 0.923. The molecule has 0 atom stereocenters. The van der Waals surface area contributed by atoms with Crippen LogP contribution in [0.3, 0.4) is 0 Å². The third-order valence-corrected chi connectivity index (χ3v) is 3.61. The van der Waals surface area contributed by atoms with Crippen molar-refractivity contribution in [1.82, 2.24) is 15.1 Å². The molecule has 1 saturated heterocycles. The van der Waals surface area contributed by atoms with Gasteiger partial charge in [-0.25, -0.2) is 0 Å². The number of piperidine rings is 1. The van der Waals surface area contributed by atoms with Gasteiger partial charge in [0.25, 0.3) is 0 Å². The summed E-state index contributed by atoms with van der Waals surface area (Å²) in [6.45, 7) is 8.87. The number of likely N-dealkylation sites (tertiary alicyclic amines) is 1. The molecule has 1 heterocycles. The summed E-state index contributed by atoms with van der Waals surface area (Å²) in [6, 6.07) is 0.607. The van der Waals surface area contributed by atoms with Gasteiger partial charge in [-0.3, -0.25) is 4.79 Å². The van der Waals surface area contributed by atoms with Crippen LogP contribution in [0.25, 0.3) is 0 Å². The molecule has 1 aliphatic rings. The van der Waals surface area contributed by atoms with E-state index in [0.717, 1.165) is 19.6 Å². The molecule has 0 aromatic heterocycles. The van der Waals surface area contributed by atoms with Crippen LogP contribution in [0, 0.1) is 0 Å². The molecule has 4 nitrogen and oxygen atoms in total. The first-order chi connectivity index (χ1) is 8.17. The molecule has 0 unspecified atom stereocenters. The largest absolute Gasteiger partial charge is 0.343 e. The van der Waals surface area contributed by atoms with Gasteiger partial charge in [0.05, 0.1) is 0 Å². The maximum Gasteiger partial charge on any atom is 0.223 e. The Kier molecular flexibility index (Phi) is 6.52. The number of carbonyl (C=O) groups excluding carboxylic acids is 1. The molecule has 1 N–H and O–H groups in total. The lowest BCUT2D eigenvalue weighted by Crippen LogP contribution is -2.42. The molecule has 100 valence electrons. The minimum absolute atomic E-state index is 0.274. The Hall–Kier alpha value is -0.610. The first kappa shape index (κ1) is 14.5. The first-order valence-electron chi connectivity index (χ1n) is 6.87. The number of nitrogens with zero attached hydrogens (tertiary/aromatic N) is 2. The van der Waals surface area contributed by atoms with Gasteiger partial charge in [-0.15, -0.1) is 0 Å². The highest BCUT2D eigenvalue weighted by Crippen LogP contribution is 2.07. The fourth-order valence-corrected chi connectivity index (χ4v) is 2.33. The van der Waals surface area contributed by atoms with Crippen LogP contribution in [0.15, 0.2) is 0 Å². The standard InChI is InChI=1S/C13H27N3O/c1-4-16(5-2)13(17)6-9-14-12-7-10-15(3)11-8-12/h12,14H,4-11H2,1-3H3. The highest BCUT2D eigenvalue weighted by molar-refractivity contribution is 5.76. The van der Waals surface area contributed by atoms with Crippen LogP contribution in [0.1, 0.15) is 33.1 Å². The highest BCUT2D eigenvalue weighted by Gasteiger charge is 2.16. The third-order valence-electron chi connectivity index (χ3n) is 3.61. The van der Waals surface area contributed by atoms with Crippen LogP contribution in [-0.4, -0.2) is 61.5 Å². The Bertz CT molecular complexity index is 221. The predicted octanol–water partition coefficient (Wildman–Crippen LogP) is 0.929. The molecule has 1 amide bonds. The Morgan fingerprint density at radius 2 is 1.88 bits per heavy atom. The topological polar surface area (TPSA) is 35.6 Å². The van der Waals surface area contributed by atoms with Crippen molar-refractivity contribution in [3.63, 3.8) is 0 Å². The molecule has 0 aliphatic carbocycles. The summed E-state index contributed by atoms with van der Waals surface area (Å²) in [5.74, 6) is 0.274. The van der Waals surface area contributed by atoms with Crippen molar-refractivity contribution in [2.75, 3.05) is 39.8 Å². The smallest absolute Gasteiger partial charge is 0.223 e. The molecule has 1 fully saturated rings. The molecule has 0 bridgehead atoms. The summed E-state index contributed by atoms with van der Waals surface area (Å²) in [5.41, 5.74) is 0. The SMILES string of the molecule is CCN(CC)C(=O)CCNC1CCN(C)CC1. The lowest BCUT2D eigenvalue weighted by molar-refractivity contribution is -0.130. The van der Waals surface area contributed by atoms with Gasteiger partial charge in [0.2, 0.25) is 5.91 Å². The van der Waals surface area contributed by atoms with E-state index in [1.165, 1.54) is 25.9 Å². The van der Waals surface area contributed by atoms with Crippen molar-refractivity contribution < 1.29 is 4.79 Å². The second kappa shape index (κ2) is 7.67. The molecule has 0 radical (unpaired) electrons. The third kappa shape index (κ3) is 5.04. The van der Waals surface area contributed by atoms with Crippen LogP contribution >= 0.6 is 0 Å². The van der Waals surface area contributed by atoms with Crippen molar-refractivity contribution in [2.24, 2.45) is 0 Å². The van der Waals surface area contributed by atoms with Crippen LogP contribution in [0.4, 0.5) is 0 Å². The van der Waals surface area contributed by atoms with E-state index < -0.39 is 0 Å². The van der Waals surface area contributed by atoms with E-state index >= 15 is 0 Å². The molecule has 0 aromatic rings. The molecule has 0 saturated carbocycles. The van der Waals surface area contributed by atoms with Crippen LogP contribution in [0.2, 0.25) is 0 Å². The highest BCUT2D eigenvalue weighted by atomic mass is 16.2. The Morgan fingerprint density at radius 1 is 1.29 bits per heavy atom. The van der Waals surface area contributed by atoms with Gasteiger partial charge >= 0.3 is 0 Å². The van der Waals surface area contributed by atoms with Gasteiger partial charge in [0.1, 0.15) is 0 Å². The van der Waals surface area contributed by atoms with Crippen molar-refractivity contribution in [1.29, 1.82) is 0 Å². The van der Waals surface area contributed by atoms with Gasteiger partial charge < -0.3 is 15.1 Å². The van der Waals surface area contributed by atoms with Crippen molar-refractivity contribution >= 4 is 5.91 Å². The van der Waals surface area contributed by atoms with Crippen molar-refractivity contribution in [3.05, 3.63) is 0 Å². The molecule has 4 heteroatoms. The minimum atomic E-state index is 0.274. The number of nitrogens with one attached hydrogen (secondary N) is 1. The van der Waals surface area contributed by atoms with E-state index in [-0.39, 0.29) is 5.91 Å². The predicted molar refractivity (Wildman–Crippen MR) is 71.1 cm³/mol. The monoisotopic (exact) mass is 241 g/mol. The fourth-order valence-electron chi connectivity index (χ4n) is 2.33. The van der Waals surface area contributed by atoms with Crippen LogP contribution in [0.5, 0.6) is 0 Å². The van der Waals surface area contributed by atoms with E-state index in [9.17, 15) is 4.79 Å². The zero-order valence-electron chi connectivity index (χ0n) is 11.5. The van der Waals surface area contributed by atoms with Crippen molar-refractivity contribution in [3.8, 4) is 0 Å². The lowest BCUT2D eigenvalue weighted by atomic mass is 10.1. The summed E-state index contributed by atoms with van der Waals surface area (Å²) in [5, 5.41) is 3.50. The van der Waals surface area contributed by atoms with Gasteiger partial charge in [-0.05, 0) is 46.8 Å². The maximum absolute atomic E-state index is 11.8.